The van der Waals surface area contributed by atoms with Gasteiger partial charge in [-0.25, -0.2) is 4.79 Å². The predicted octanol–water partition coefficient (Wildman–Crippen LogP) is 2.48. The third kappa shape index (κ3) is 3.91. The van der Waals surface area contributed by atoms with E-state index in [2.05, 4.69) is 22.2 Å². The summed E-state index contributed by atoms with van der Waals surface area (Å²) in [6.07, 6.45) is 3.85. The maximum atomic E-state index is 13.6. The maximum absolute atomic E-state index is 13.6. The van der Waals surface area contributed by atoms with E-state index in [0.717, 1.165) is 32.5 Å². The normalized spacial score (nSPS) is 25.6. The summed E-state index contributed by atoms with van der Waals surface area (Å²) in [4.78, 5) is 30.3. The zero-order chi connectivity index (χ0) is 23.9. The molecule has 2 fully saturated rings. The van der Waals surface area contributed by atoms with Gasteiger partial charge >= 0.3 is 6.03 Å². The fourth-order valence-electron chi connectivity index (χ4n) is 5.50. The Hall–Kier alpha value is -3.07. The highest BCUT2D eigenvalue weighted by Gasteiger charge is 2.55. The van der Waals surface area contributed by atoms with Crippen LogP contribution in [0.4, 0.5) is 4.79 Å². The molecule has 1 aromatic heterocycles. The van der Waals surface area contributed by atoms with Gasteiger partial charge in [-0.1, -0.05) is 19.1 Å². The number of aryl methyl sites for hydroxylation is 1. The number of carbonyl (C=O) groups is 2. The number of para-hydroxylation sites is 2. The summed E-state index contributed by atoms with van der Waals surface area (Å²) < 4.78 is 13.7. The quantitative estimate of drug-likeness (QED) is 0.657. The molecule has 9 heteroatoms. The Morgan fingerprint density at radius 3 is 2.59 bits per heavy atom. The molecule has 34 heavy (non-hydrogen) atoms. The van der Waals surface area contributed by atoms with Crippen molar-refractivity contribution in [3.8, 4) is 11.5 Å². The summed E-state index contributed by atoms with van der Waals surface area (Å²) in [7, 11) is 1.96. The molecule has 9 nitrogen and oxygen atoms in total. The Kier molecular flexibility index (Phi) is 5.97. The van der Waals surface area contributed by atoms with Gasteiger partial charge in [0.15, 0.2) is 17.6 Å². The average Bonchev–Trinajstić information content (AvgIpc) is 3.30. The number of benzene rings is 1. The molecule has 0 aliphatic carbocycles. The highest BCUT2D eigenvalue weighted by Crippen LogP contribution is 2.37. The lowest BCUT2D eigenvalue weighted by atomic mass is 9.75. The van der Waals surface area contributed by atoms with Crippen LogP contribution in [0, 0.1) is 12.8 Å². The van der Waals surface area contributed by atoms with Crippen molar-refractivity contribution in [1.29, 1.82) is 0 Å². The summed E-state index contributed by atoms with van der Waals surface area (Å²) >= 11 is 0. The highest BCUT2D eigenvalue weighted by atomic mass is 16.6. The minimum absolute atomic E-state index is 0.106. The number of fused-ring (bicyclic) bond motifs is 1. The first-order valence-electron chi connectivity index (χ1n) is 12.1. The van der Waals surface area contributed by atoms with Crippen LogP contribution >= 0.6 is 0 Å². The van der Waals surface area contributed by atoms with E-state index in [1.807, 2.05) is 49.1 Å². The van der Waals surface area contributed by atoms with Crippen LogP contribution in [0.1, 0.15) is 37.4 Å². The van der Waals surface area contributed by atoms with Gasteiger partial charge in [0.25, 0.3) is 5.91 Å². The summed E-state index contributed by atoms with van der Waals surface area (Å²) in [5.74, 6) is 1.30. The third-order valence-corrected chi connectivity index (χ3v) is 7.73. The first kappa shape index (κ1) is 22.7. The number of likely N-dealkylation sites (tertiary alicyclic amines) is 1. The second-order valence-corrected chi connectivity index (χ2v) is 9.60. The molecule has 0 unspecified atom stereocenters. The molecule has 182 valence electrons. The van der Waals surface area contributed by atoms with E-state index in [4.69, 9.17) is 9.47 Å². The van der Waals surface area contributed by atoms with Crippen LogP contribution < -0.4 is 14.8 Å². The van der Waals surface area contributed by atoms with Gasteiger partial charge in [0.1, 0.15) is 12.1 Å². The molecule has 5 rings (SSSR count). The third-order valence-electron chi connectivity index (χ3n) is 7.73. The molecule has 2 aromatic rings. The van der Waals surface area contributed by atoms with Crippen LogP contribution in [0.2, 0.25) is 0 Å². The molecule has 2 saturated heterocycles. The molecule has 0 bridgehead atoms. The molecular formula is C25H33N5O4. The summed E-state index contributed by atoms with van der Waals surface area (Å²) in [5, 5.41) is 7.43. The first-order valence-corrected chi connectivity index (χ1v) is 12.1. The van der Waals surface area contributed by atoms with Crippen LogP contribution in [0.3, 0.4) is 0 Å². The Balaban J connectivity index is 1.23. The van der Waals surface area contributed by atoms with Crippen molar-refractivity contribution in [3.63, 3.8) is 0 Å². The van der Waals surface area contributed by atoms with Crippen molar-refractivity contribution >= 4 is 11.9 Å². The lowest BCUT2D eigenvalue weighted by molar-refractivity contribution is -0.135. The number of hydrogen-bond acceptors (Lipinski definition) is 6. The summed E-state index contributed by atoms with van der Waals surface area (Å²) in [6.45, 7) is 7.20. The van der Waals surface area contributed by atoms with Gasteiger partial charge in [0.2, 0.25) is 0 Å². The van der Waals surface area contributed by atoms with Gasteiger partial charge < -0.3 is 14.8 Å². The fraction of sp³-hybridized carbons (Fsp3) is 0.560. The van der Waals surface area contributed by atoms with E-state index in [0.29, 0.717) is 24.5 Å². The van der Waals surface area contributed by atoms with Crippen LogP contribution in [-0.4, -0.2) is 69.4 Å². The van der Waals surface area contributed by atoms with E-state index >= 15 is 0 Å². The number of imide groups is 1. The summed E-state index contributed by atoms with van der Waals surface area (Å²) in [5.41, 5.74) is 1.57. The number of nitrogens with one attached hydrogen (secondary N) is 1. The summed E-state index contributed by atoms with van der Waals surface area (Å²) in [6, 6.07) is 7.12. The number of carbonyl (C=O) groups excluding carboxylic acids is 2. The zero-order valence-corrected chi connectivity index (χ0v) is 20.1. The van der Waals surface area contributed by atoms with E-state index in [1.54, 1.807) is 0 Å². The number of hydrogen-bond donors (Lipinski definition) is 1. The largest absolute Gasteiger partial charge is 0.486 e. The Morgan fingerprint density at radius 2 is 1.91 bits per heavy atom. The molecular weight excluding hydrogens is 434 g/mol. The van der Waals surface area contributed by atoms with Crippen molar-refractivity contribution in [2.24, 2.45) is 13.0 Å². The number of amides is 3. The van der Waals surface area contributed by atoms with Crippen molar-refractivity contribution in [2.45, 2.75) is 51.3 Å². The monoisotopic (exact) mass is 467 g/mol. The lowest BCUT2D eigenvalue weighted by Crippen LogP contribution is -2.56. The molecule has 2 atom stereocenters. The Morgan fingerprint density at radius 1 is 1.18 bits per heavy atom. The smallest absolute Gasteiger partial charge is 0.325 e. The van der Waals surface area contributed by atoms with Crippen molar-refractivity contribution in [2.75, 3.05) is 26.2 Å². The van der Waals surface area contributed by atoms with Crippen LogP contribution in [0.25, 0.3) is 0 Å². The van der Waals surface area contributed by atoms with E-state index in [1.165, 1.54) is 16.2 Å². The van der Waals surface area contributed by atoms with Gasteiger partial charge in [0, 0.05) is 24.8 Å². The highest BCUT2D eigenvalue weighted by molar-refractivity contribution is 6.07. The van der Waals surface area contributed by atoms with E-state index in [-0.39, 0.29) is 30.5 Å². The molecule has 3 aliphatic rings. The molecule has 4 heterocycles. The maximum Gasteiger partial charge on any atom is 0.325 e. The van der Waals surface area contributed by atoms with Gasteiger partial charge in [-0.05, 0) is 57.3 Å². The van der Waals surface area contributed by atoms with Gasteiger partial charge in [-0.15, -0.1) is 0 Å². The zero-order valence-electron chi connectivity index (χ0n) is 20.1. The predicted molar refractivity (Wildman–Crippen MR) is 126 cm³/mol. The lowest BCUT2D eigenvalue weighted by Gasteiger charge is -2.40. The van der Waals surface area contributed by atoms with Crippen LogP contribution in [0.5, 0.6) is 11.5 Å². The minimum atomic E-state index is -0.846. The van der Waals surface area contributed by atoms with Crippen LogP contribution in [-0.2, 0) is 18.4 Å². The second kappa shape index (κ2) is 8.94. The second-order valence-electron chi connectivity index (χ2n) is 9.60. The molecule has 0 saturated carbocycles. The van der Waals surface area contributed by atoms with Crippen molar-refractivity contribution in [1.82, 2.24) is 24.9 Å². The van der Waals surface area contributed by atoms with E-state index < -0.39 is 5.54 Å². The molecule has 3 amide bonds. The number of nitrogens with zero attached hydrogens (tertiary/aromatic N) is 4. The standard InChI is InChI=1S/C25H33N5O4/c1-4-25(19-9-11-29(12-10-19)14-18-13-26-28(3)17(18)2)23(31)30(24(32)27-25)15-20-16-33-21-7-5-6-8-22(21)34-20/h5-8,13,19-20H,4,9-12,14-16H2,1-3H3,(H,27,32)/t20-,25-/m1/s1. The van der Waals surface area contributed by atoms with Gasteiger partial charge in [0.05, 0.1) is 12.7 Å². The van der Waals surface area contributed by atoms with Gasteiger partial charge in [-0.3, -0.25) is 19.3 Å². The van der Waals surface area contributed by atoms with Crippen LogP contribution in [0.15, 0.2) is 30.5 Å². The average molecular weight is 468 g/mol. The van der Waals surface area contributed by atoms with Crippen molar-refractivity contribution < 1.29 is 19.1 Å². The number of aromatic nitrogens is 2. The molecule has 1 N–H and O–H groups in total. The number of piperidine rings is 1. The number of urea groups is 1. The topological polar surface area (TPSA) is 88.9 Å². The Labute approximate surface area is 200 Å². The first-order chi connectivity index (χ1) is 16.4. The molecule has 3 aliphatic heterocycles. The SMILES string of the molecule is CC[C@]1(C2CCN(Cc3cnn(C)c3C)CC2)NC(=O)N(C[C@@H]2COc3ccccc3O2)C1=O. The molecule has 0 spiro atoms. The molecule has 0 radical (unpaired) electrons. The van der Waals surface area contributed by atoms with Gasteiger partial charge in [-0.2, -0.15) is 5.10 Å². The fourth-order valence-corrected chi connectivity index (χ4v) is 5.50. The number of rotatable bonds is 6. The van der Waals surface area contributed by atoms with E-state index in [9.17, 15) is 9.59 Å². The molecule has 1 aromatic carbocycles. The van der Waals surface area contributed by atoms with Crippen molar-refractivity contribution in [3.05, 3.63) is 41.7 Å². The number of ether oxygens (including phenoxy) is 2. The minimum Gasteiger partial charge on any atom is -0.486 e. The Bertz CT molecular complexity index is 1080.